The van der Waals surface area contributed by atoms with E-state index >= 15 is 0 Å². The van der Waals surface area contributed by atoms with E-state index in [1.165, 1.54) is 11.8 Å². The van der Waals surface area contributed by atoms with Gasteiger partial charge in [-0.15, -0.1) is 0 Å². The van der Waals surface area contributed by atoms with Gasteiger partial charge in [0.25, 0.3) is 5.56 Å². The van der Waals surface area contributed by atoms with Crippen LogP contribution in [0.3, 0.4) is 0 Å². The molecular formula is C21H21N3O3S. The van der Waals surface area contributed by atoms with E-state index < -0.39 is 0 Å². The number of nitrogens with zero attached hydrogens (tertiary/aromatic N) is 2. The molecule has 0 aliphatic heterocycles. The largest absolute Gasteiger partial charge is 0.495 e. The van der Waals surface area contributed by atoms with Gasteiger partial charge in [0.15, 0.2) is 5.16 Å². The molecule has 0 aliphatic rings. The molecule has 0 aliphatic carbocycles. The van der Waals surface area contributed by atoms with Crippen molar-refractivity contribution in [1.29, 1.82) is 0 Å². The molecule has 7 heteroatoms. The van der Waals surface area contributed by atoms with Crippen LogP contribution >= 0.6 is 11.8 Å². The predicted molar refractivity (Wildman–Crippen MR) is 113 cm³/mol. The van der Waals surface area contributed by atoms with Crippen LogP contribution in [0.5, 0.6) is 5.75 Å². The van der Waals surface area contributed by atoms with Gasteiger partial charge in [-0.05, 0) is 25.1 Å². The number of nitrogens with one attached hydrogen (secondary N) is 1. The quantitative estimate of drug-likeness (QED) is 0.291. The first-order chi connectivity index (χ1) is 13.7. The number of fused-ring (bicyclic) bond motifs is 3. The fraction of sp³-hybridized carbons (Fsp3) is 0.238. The monoisotopic (exact) mass is 395 g/mol. The van der Waals surface area contributed by atoms with Gasteiger partial charge in [-0.3, -0.25) is 4.79 Å². The van der Waals surface area contributed by atoms with Crippen LogP contribution in [0.1, 0.15) is 6.92 Å². The second-order valence-corrected chi connectivity index (χ2v) is 7.21. The highest BCUT2D eigenvalue weighted by Gasteiger charge is 2.19. The van der Waals surface area contributed by atoms with E-state index in [1.807, 2.05) is 55.5 Å². The molecular weight excluding hydrogens is 374 g/mol. The summed E-state index contributed by atoms with van der Waals surface area (Å²) in [7, 11) is 1.60. The summed E-state index contributed by atoms with van der Waals surface area (Å²) in [6, 6.07) is 15.3. The number of aromatic amines is 1. The summed E-state index contributed by atoms with van der Waals surface area (Å²) in [6.07, 6.45) is 0. The van der Waals surface area contributed by atoms with Crippen molar-refractivity contribution in [2.45, 2.75) is 12.1 Å². The molecule has 0 radical (unpaired) electrons. The zero-order valence-corrected chi connectivity index (χ0v) is 16.6. The topological polar surface area (TPSA) is 69.1 Å². The summed E-state index contributed by atoms with van der Waals surface area (Å²) in [6.45, 7) is 3.22. The minimum atomic E-state index is -0.149. The molecule has 1 N–H and O–H groups in total. The first kappa shape index (κ1) is 18.6. The smallest absolute Gasteiger partial charge is 0.283 e. The lowest BCUT2D eigenvalue weighted by Gasteiger charge is -2.14. The van der Waals surface area contributed by atoms with E-state index in [2.05, 4.69) is 4.98 Å². The number of H-pyrrole nitrogens is 1. The molecule has 2 aromatic carbocycles. The molecule has 2 aromatic heterocycles. The van der Waals surface area contributed by atoms with Gasteiger partial charge < -0.3 is 14.5 Å². The van der Waals surface area contributed by atoms with Crippen LogP contribution in [0.15, 0.2) is 58.5 Å². The highest BCUT2D eigenvalue weighted by atomic mass is 32.2. The first-order valence-electron chi connectivity index (χ1n) is 9.12. The minimum Gasteiger partial charge on any atom is -0.495 e. The van der Waals surface area contributed by atoms with Crippen LogP contribution in [0.4, 0.5) is 0 Å². The molecule has 0 unspecified atom stereocenters. The molecule has 0 saturated heterocycles. The van der Waals surface area contributed by atoms with E-state index in [1.54, 1.807) is 11.7 Å². The molecule has 4 aromatic rings. The summed E-state index contributed by atoms with van der Waals surface area (Å²) in [5.41, 5.74) is 2.59. The summed E-state index contributed by atoms with van der Waals surface area (Å²) in [4.78, 5) is 21.6. The Balaban J connectivity index is 1.96. The minimum absolute atomic E-state index is 0.149. The number of ether oxygens (including phenoxy) is 2. The molecule has 0 amide bonds. The van der Waals surface area contributed by atoms with Gasteiger partial charge in [-0.25, -0.2) is 9.55 Å². The summed E-state index contributed by atoms with van der Waals surface area (Å²) in [5.74, 6) is 1.32. The van der Waals surface area contributed by atoms with Crippen LogP contribution in [0.2, 0.25) is 0 Å². The number of rotatable bonds is 7. The van der Waals surface area contributed by atoms with Gasteiger partial charge in [0.05, 0.1) is 19.4 Å². The lowest BCUT2D eigenvalue weighted by atomic mass is 10.2. The standard InChI is InChI=1S/C21H21N3O3S/c1-3-27-12-13-28-21-23-18-14-8-4-5-9-15(14)22-19(18)20(25)24(21)16-10-6-7-11-17(16)26-2/h4-11,22H,3,12-13H2,1-2H3. The van der Waals surface area contributed by atoms with E-state index in [0.29, 0.717) is 46.6 Å². The molecule has 0 saturated carbocycles. The highest BCUT2D eigenvalue weighted by Crippen LogP contribution is 2.29. The molecule has 144 valence electrons. The van der Waals surface area contributed by atoms with Gasteiger partial charge in [0, 0.05) is 23.3 Å². The second-order valence-electron chi connectivity index (χ2n) is 6.15. The third-order valence-corrected chi connectivity index (χ3v) is 5.39. The average Bonchev–Trinajstić information content (AvgIpc) is 3.10. The van der Waals surface area contributed by atoms with E-state index in [9.17, 15) is 4.79 Å². The number of aromatic nitrogens is 3. The van der Waals surface area contributed by atoms with Crippen molar-refractivity contribution < 1.29 is 9.47 Å². The van der Waals surface area contributed by atoms with Gasteiger partial charge in [0.1, 0.15) is 16.8 Å². The van der Waals surface area contributed by atoms with Crippen LogP contribution in [-0.2, 0) is 4.74 Å². The summed E-state index contributed by atoms with van der Waals surface area (Å²) in [5, 5.41) is 1.56. The lowest BCUT2D eigenvalue weighted by Crippen LogP contribution is -2.22. The fourth-order valence-corrected chi connectivity index (χ4v) is 4.05. The summed E-state index contributed by atoms with van der Waals surface area (Å²) >= 11 is 1.50. The van der Waals surface area contributed by atoms with Crippen molar-refractivity contribution in [3.63, 3.8) is 0 Å². The summed E-state index contributed by atoms with van der Waals surface area (Å²) < 4.78 is 12.6. The number of para-hydroxylation sites is 3. The van der Waals surface area contributed by atoms with Crippen molar-refractivity contribution in [2.75, 3.05) is 26.1 Å². The molecule has 0 fully saturated rings. The molecule has 4 rings (SSSR count). The second kappa shape index (κ2) is 8.08. The van der Waals surface area contributed by atoms with E-state index in [-0.39, 0.29) is 5.56 Å². The molecule has 28 heavy (non-hydrogen) atoms. The normalized spacial score (nSPS) is 11.4. The van der Waals surface area contributed by atoms with Gasteiger partial charge in [0.2, 0.25) is 0 Å². The Morgan fingerprint density at radius 2 is 1.93 bits per heavy atom. The Bertz CT molecular complexity index is 1180. The average molecular weight is 395 g/mol. The zero-order valence-electron chi connectivity index (χ0n) is 15.8. The van der Waals surface area contributed by atoms with E-state index in [0.717, 1.165) is 10.9 Å². The molecule has 6 nitrogen and oxygen atoms in total. The number of benzene rings is 2. The Morgan fingerprint density at radius 1 is 1.14 bits per heavy atom. The predicted octanol–water partition coefficient (Wildman–Crippen LogP) is 4.00. The van der Waals surface area contributed by atoms with Crippen LogP contribution < -0.4 is 10.3 Å². The zero-order chi connectivity index (χ0) is 19.5. The van der Waals surface area contributed by atoms with E-state index in [4.69, 9.17) is 14.5 Å². The van der Waals surface area contributed by atoms with Crippen molar-refractivity contribution in [1.82, 2.24) is 14.5 Å². The Kier molecular flexibility index (Phi) is 5.36. The van der Waals surface area contributed by atoms with Crippen molar-refractivity contribution in [3.05, 3.63) is 58.9 Å². The van der Waals surface area contributed by atoms with Crippen molar-refractivity contribution in [3.8, 4) is 11.4 Å². The van der Waals surface area contributed by atoms with Gasteiger partial charge in [-0.2, -0.15) is 0 Å². The fourth-order valence-electron chi connectivity index (χ4n) is 3.20. The first-order valence-corrected chi connectivity index (χ1v) is 10.1. The third-order valence-electron chi connectivity index (χ3n) is 4.48. The maximum atomic E-state index is 13.5. The molecule has 0 bridgehead atoms. The Labute approximate surface area is 166 Å². The van der Waals surface area contributed by atoms with Crippen LogP contribution in [-0.4, -0.2) is 40.6 Å². The van der Waals surface area contributed by atoms with Gasteiger partial charge in [-0.1, -0.05) is 42.1 Å². The Morgan fingerprint density at radius 3 is 2.75 bits per heavy atom. The number of hydrogen-bond acceptors (Lipinski definition) is 5. The highest BCUT2D eigenvalue weighted by molar-refractivity contribution is 7.99. The lowest BCUT2D eigenvalue weighted by molar-refractivity contribution is 0.164. The molecule has 2 heterocycles. The van der Waals surface area contributed by atoms with Crippen molar-refractivity contribution >= 4 is 33.7 Å². The third kappa shape index (κ3) is 3.27. The number of hydrogen-bond donors (Lipinski definition) is 1. The number of methoxy groups -OCH3 is 1. The molecule has 0 spiro atoms. The van der Waals surface area contributed by atoms with Gasteiger partial charge >= 0.3 is 0 Å². The van der Waals surface area contributed by atoms with Crippen molar-refractivity contribution in [2.24, 2.45) is 0 Å². The number of thioether (sulfide) groups is 1. The molecule has 0 atom stereocenters. The maximum Gasteiger partial charge on any atom is 0.283 e. The van der Waals surface area contributed by atoms with Crippen LogP contribution in [0.25, 0.3) is 27.6 Å². The van der Waals surface area contributed by atoms with Crippen LogP contribution in [0, 0.1) is 0 Å². The SMILES string of the molecule is CCOCCSc1nc2c([nH]c3ccccc32)c(=O)n1-c1ccccc1OC. The maximum absolute atomic E-state index is 13.5. The Hall–Kier alpha value is -2.77.